The van der Waals surface area contributed by atoms with Gasteiger partial charge in [0.2, 0.25) is 5.91 Å². The van der Waals surface area contributed by atoms with E-state index in [9.17, 15) is 14.4 Å². The van der Waals surface area contributed by atoms with Crippen LogP contribution in [0.1, 0.15) is 25.0 Å². The largest absolute Gasteiger partial charge is 0.452 e. The number of nitrogens with two attached hydrogens (primary N) is 1. The minimum Gasteiger partial charge on any atom is -0.452 e. The molecule has 0 unspecified atom stereocenters. The van der Waals surface area contributed by atoms with Gasteiger partial charge in [0, 0.05) is 12.6 Å². The van der Waals surface area contributed by atoms with Gasteiger partial charge in [0.15, 0.2) is 11.3 Å². The van der Waals surface area contributed by atoms with Crippen LogP contribution in [0, 0.1) is 0 Å². The number of amides is 2. The molecule has 1 aliphatic heterocycles. The van der Waals surface area contributed by atoms with E-state index in [2.05, 4.69) is 15.9 Å². The van der Waals surface area contributed by atoms with Crippen molar-refractivity contribution in [2.45, 2.75) is 25.3 Å². The zero-order chi connectivity index (χ0) is 16.8. The van der Waals surface area contributed by atoms with Crippen molar-refractivity contribution >= 4 is 39.8 Å². The van der Waals surface area contributed by atoms with Gasteiger partial charge in [-0.1, -0.05) is 0 Å². The highest BCUT2D eigenvalue weighted by Gasteiger charge is 2.30. The van der Waals surface area contributed by atoms with E-state index in [4.69, 9.17) is 14.9 Å². The highest BCUT2D eigenvalue weighted by atomic mass is 79.9. The van der Waals surface area contributed by atoms with Gasteiger partial charge >= 0.3 is 5.97 Å². The molecule has 0 radical (unpaired) electrons. The number of furan rings is 1. The molecule has 1 aliphatic rings. The molecular weight excluding hydrogens is 368 g/mol. The standard InChI is InChI=1S/C15H17BrN2O5/c16-12-6-4-10(23-12)5-7-14(20)22-9-13(19)18-8-2-1-3-11(18)15(17)21/h4-7,11H,1-3,8-9H2,(H2,17,21)/b7-5+/t11-/m0/s1. The minimum atomic E-state index is -0.668. The molecule has 23 heavy (non-hydrogen) atoms. The Labute approximate surface area is 141 Å². The van der Waals surface area contributed by atoms with Gasteiger partial charge in [-0.25, -0.2) is 4.79 Å². The summed E-state index contributed by atoms with van der Waals surface area (Å²) in [4.78, 5) is 36.4. The summed E-state index contributed by atoms with van der Waals surface area (Å²) in [7, 11) is 0. The van der Waals surface area contributed by atoms with Crippen LogP contribution in [0.2, 0.25) is 0 Å². The zero-order valence-corrected chi connectivity index (χ0v) is 14.0. The fourth-order valence-corrected chi connectivity index (χ4v) is 2.68. The average molecular weight is 385 g/mol. The number of nitrogens with zero attached hydrogens (tertiary/aromatic N) is 1. The lowest BCUT2D eigenvalue weighted by molar-refractivity contribution is -0.151. The Morgan fingerprint density at radius 3 is 2.83 bits per heavy atom. The summed E-state index contributed by atoms with van der Waals surface area (Å²) in [5.74, 6) is -1.15. The molecule has 0 aliphatic carbocycles. The summed E-state index contributed by atoms with van der Waals surface area (Å²) in [6.45, 7) is 0.0229. The van der Waals surface area contributed by atoms with E-state index in [0.29, 0.717) is 23.4 Å². The molecule has 0 bridgehead atoms. The van der Waals surface area contributed by atoms with Crippen LogP contribution < -0.4 is 5.73 Å². The number of hydrogen-bond donors (Lipinski definition) is 1. The van der Waals surface area contributed by atoms with Crippen LogP contribution in [0.3, 0.4) is 0 Å². The Balaban J connectivity index is 1.84. The monoisotopic (exact) mass is 384 g/mol. The summed E-state index contributed by atoms with van der Waals surface area (Å²) in [6.07, 6.45) is 4.79. The quantitative estimate of drug-likeness (QED) is 0.611. The topological polar surface area (TPSA) is 103 Å². The number of piperidine rings is 1. The molecule has 1 aromatic rings. The number of rotatable bonds is 5. The van der Waals surface area contributed by atoms with E-state index in [1.54, 1.807) is 12.1 Å². The number of primary amides is 1. The van der Waals surface area contributed by atoms with Crippen LogP contribution in [0.5, 0.6) is 0 Å². The van der Waals surface area contributed by atoms with Crippen molar-refractivity contribution in [3.63, 3.8) is 0 Å². The summed E-state index contributed by atoms with van der Waals surface area (Å²) >= 11 is 3.15. The Bertz CT molecular complexity index is 625. The minimum absolute atomic E-state index is 0.420. The summed E-state index contributed by atoms with van der Waals surface area (Å²) in [5, 5.41) is 0. The molecule has 0 saturated carbocycles. The van der Waals surface area contributed by atoms with Gasteiger partial charge in [-0.2, -0.15) is 0 Å². The van der Waals surface area contributed by atoms with E-state index in [1.165, 1.54) is 17.1 Å². The summed E-state index contributed by atoms with van der Waals surface area (Å²) in [6, 6.07) is 2.74. The number of carbonyl (C=O) groups excluding carboxylic acids is 3. The van der Waals surface area contributed by atoms with Gasteiger partial charge in [0.25, 0.3) is 5.91 Å². The van der Waals surface area contributed by atoms with Crippen LogP contribution >= 0.6 is 15.9 Å². The van der Waals surface area contributed by atoms with Gasteiger partial charge < -0.3 is 19.8 Å². The molecule has 2 rings (SSSR count). The van der Waals surface area contributed by atoms with E-state index < -0.39 is 30.4 Å². The smallest absolute Gasteiger partial charge is 0.331 e. The van der Waals surface area contributed by atoms with Crippen molar-refractivity contribution < 1.29 is 23.5 Å². The second-order valence-electron chi connectivity index (χ2n) is 5.08. The van der Waals surface area contributed by atoms with E-state index in [0.717, 1.165) is 12.8 Å². The van der Waals surface area contributed by atoms with Crippen LogP contribution in [-0.4, -0.2) is 41.9 Å². The van der Waals surface area contributed by atoms with Crippen LogP contribution in [0.25, 0.3) is 6.08 Å². The van der Waals surface area contributed by atoms with Crippen LogP contribution in [-0.2, 0) is 19.1 Å². The Morgan fingerprint density at radius 1 is 1.39 bits per heavy atom. The number of hydrogen-bond acceptors (Lipinski definition) is 5. The van der Waals surface area contributed by atoms with Gasteiger partial charge in [0.05, 0.1) is 0 Å². The van der Waals surface area contributed by atoms with Crippen LogP contribution in [0.15, 0.2) is 27.3 Å². The predicted molar refractivity (Wildman–Crippen MR) is 84.9 cm³/mol. The number of likely N-dealkylation sites (tertiary alicyclic amines) is 1. The molecule has 8 heteroatoms. The lowest BCUT2D eigenvalue weighted by Crippen LogP contribution is -2.51. The first-order chi connectivity index (χ1) is 11.0. The average Bonchev–Trinajstić information content (AvgIpc) is 2.96. The molecule has 2 heterocycles. The number of halogens is 1. The van der Waals surface area contributed by atoms with E-state index in [-0.39, 0.29) is 0 Å². The number of ether oxygens (including phenoxy) is 1. The molecular formula is C15H17BrN2O5. The molecule has 1 atom stereocenters. The van der Waals surface area contributed by atoms with Crippen molar-refractivity contribution in [1.29, 1.82) is 0 Å². The zero-order valence-electron chi connectivity index (χ0n) is 12.4. The molecule has 2 N–H and O–H groups in total. The third-order valence-electron chi connectivity index (χ3n) is 3.47. The predicted octanol–water partition coefficient (Wildman–Crippen LogP) is 1.46. The first-order valence-electron chi connectivity index (χ1n) is 7.16. The van der Waals surface area contributed by atoms with Gasteiger partial charge in [0.1, 0.15) is 11.8 Å². The Hall–Kier alpha value is -2.09. The summed E-state index contributed by atoms with van der Waals surface area (Å²) < 4.78 is 10.6. The highest BCUT2D eigenvalue weighted by molar-refractivity contribution is 9.10. The highest BCUT2D eigenvalue weighted by Crippen LogP contribution is 2.17. The SMILES string of the molecule is NC(=O)[C@@H]1CCCCN1C(=O)COC(=O)/C=C/c1ccc(Br)o1. The third kappa shape index (κ3) is 4.95. The number of esters is 1. The van der Waals surface area contributed by atoms with E-state index in [1.807, 2.05) is 0 Å². The molecule has 1 saturated heterocycles. The first-order valence-corrected chi connectivity index (χ1v) is 7.95. The second kappa shape index (κ2) is 7.96. The van der Waals surface area contributed by atoms with Gasteiger partial charge in [-0.05, 0) is 53.4 Å². The van der Waals surface area contributed by atoms with Gasteiger partial charge in [-0.3, -0.25) is 9.59 Å². The maximum atomic E-state index is 12.1. The van der Waals surface area contributed by atoms with E-state index >= 15 is 0 Å². The maximum Gasteiger partial charge on any atom is 0.331 e. The number of carbonyl (C=O) groups is 3. The second-order valence-corrected chi connectivity index (χ2v) is 5.87. The Morgan fingerprint density at radius 2 is 2.17 bits per heavy atom. The van der Waals surface area contributed by atoms with Gasteiger partial charge in [-0.15, -0.1) is 0 Å². The van der Waals surface area contributed by atoms with Crippen molar-refractivity contribution in [2.24, 2.45) is 5.73 Å². The molecule has 124 valence electrons. The fourth-order valence-electron chi connectivity index (χ4n) is 2.36. The van der Waals surface area contributed by atoms with Crippen molar-refractivity contribution in [3.05, 3.63) is 28.6 Å². The lowest BCUT2D eigenvalue weighted by atomic mass is 10.0. The molecule has 0 aromatic carbocycles. The first kappa shape index (κ1) is 17.3. The maximum absolute atomic E-state index is 12.1. The summed E-state index contributed by atoms with van der Waals surface area (Å²) in [5.41, 5.74) is 5.30. The third-order valence-corrected chi connectivity index (χ3v) is 3.89. The fraction of sp³-hybridized carbons (Fsp3) is 0.400. The Kier molecular flexibility index (Phi) is 5.97. The molecule has 1 fully saturated rings. The van der Waals surface area contributed by atoms with Crippen LogP contribution in [0.4, 0.5) is 0 Å². The molecule has 1 aromatic heterocycles. The van der Waals surface area contributed by atoms with Crippen molar-refractivity contribution in [2.75, 3.05) is 13.2 Å². The molecule has 7 nitrogen and oxygen atoms in total. The lowest BCUT2D eigenvalue weighted by Gasteiger charge is -2.33. The normalized spacial score (nSPS) is 18.1. The molecule has 2 amide bonds. The van der Waals surface area contributed by atoms with Crippen molar-refractivity contribution in [3.8, 4) is 0 Å². The van der Waals surface area contributed by atoms with Crippen molar-refractivity contribution in [1.82, 2.24) is 4.90 Å². The molecule has 0 spiro atoms.